The van der Waals surface area contributed by atoms with E-state index in [1.54, 1.807) is 0 Å². The summed E-state index contributed by atoms with van der Waals surface area (Å²) in [5, 5.41) is 9.26. The van der Waals surface area contributed by atoms with Gasteiger partial charge in [-0.05, 0) is 24.3 Å². The van der Waals surface area contributed by atoms with Gasteiger partial charge in [0, 0.05) is 12.6 Å². The van der Waals surface area contributed by atoms with Gasteiger partial charge in [0.1, 0.15) is 0 Å². The predicted octanol–water partition coefficient (Wildman–Crippen LogP) is 0.617. The first kappa shape index (κ1) is 10.7. The average molecular weight is 213 g/mol. The number of anilines is 1. The lowest BCUT2D eigenvalue weighted by atomic mass is 10.3. The molecule has 0 heterocycles. The molecule has 0 bridgehead atoms. The molecule has 1 rings (SSSR count). The lowest BCUT2D eigenvalue weighted by Crippen LogP contribution is -2.06. The van der Waals surface area contributed by atoms with Gasteiger partial charge in [0.05, 0.1) is 4.90 Å². The van der Waals surface area contributed by atoms with Gasteiger partial charge in [0.25, 0.3) is 10.0 Å². The number of rotatable bonds is 2. The molecule has 0 aliphatic heterocycles. The van der Waals surface area contributed by atoms with Crippen molar-refractivity contribution < 1.29 is 13.2 Å². The molecule has 5 nitrogen and oxygen atoms in total. The van der Waals surface area contributed by atoms with Crippen molar-refractivity contribution in [2.45, 2.75) is 11.8 Å². The summed E-state index contributed by atoms with van der Waals surface area (Å²) in [4.78, 5) is 10.5. The van der Waals surface area contributed by atoms with Crippen LogP contribution in [0.3, 0.4) is 0 Å². The van der Waals surface area contributed by atoms with Crippen molar-refractivity contribution in [3.8, 4) is 0 Å². The van der Waals surface area contributed by atoms with Crippen LogP contribution in [0.15, 0.2) is 29.2 Å². The number of benzene rings is 1. The molecule has 0 atom stereocenters. The monoisotopic (exact) mass is 213 g/mol. The third-order valence-corrected chi connectivity index (χ3v) is 2.38. The molecule has 75 valence electrons. The molecule has 0 saturated carbocycles. The van der Waals surface area contributed by atoms with E-state index in [0.29, 0.717) is 5.69 Å². The Morgan fingerprint density at radius 2 is 1.79 bits per heavy atom. The number of carbonyl (C=O) groups excluding carboxylic acids is 1. The highest BCUT2D eigenvalue weighted by Gasteiger charge is 2.07. The molecule has 6 heteroatoms. The Bertz CT molecular complexity index is 436. The van der Waals surface area contributed by atoms with Gasteiger partial charge in [0.15, 0.2) is 0 Å². The van der Waals surface area contributed by atoms with Crippen LogP contribution < -0.4 is 10.5 Å². The summed E-state index contributed by atoms with van der Waals surface area (Å²) >= 11 is 0. The minimum absolute atomic E-state index is 0.0911. The fraction of sp³-hybridized carbons (Fsp3) is 0.125. The van der Waals surface area contributed by atoms with Crippen molar-refractivity contribution in [3.63, 3.8) is 0 Å². The molecule has 1 aromatic rings. The van der Waals surface area contributed by atoms with E-state index in [0.717, 1.165) is 0 Å². The van der Waals surface area contributed by atoms with Crippen LogP contribution in [0, 0.1) is 0 Å². The molecule has 0 aliphatic rings. The Labute approximate surface area is 82.0 Å². The van der Waals surface area contributed by atoms with Crippen LogP contribution in [-0.4, -0.2) is 14.3 Å². The zero-order valence-electron chi connectivity index (χ0n) is 7.44. The Kier molecular flexibility index (Phi) is 2.87. The van der Waals surface area contributed by atoms with Crippen molar-refractivity contribution in [2.75, 3.05) is 5.32 Å². The highest BCUT2D eigenvalue weighted by Crippen LogP contribution is 2.12. The van der Waals surface area contributed by atoms with E-state index in [9.17, 15) is 13.2 Å². The molecule has 0 fully saturated rings. The van der Waals surface area contributed by atoms with Crippen LogP contribution in [0.2, 0.25) is 0 Å². The Balaban J connectivity index is 2.95. The van der Waals surface area contributed by atoms with Crippen molar-refractivity contribution >= 4 is 21.6 Å². The summed E-state index contributed by atoms with van der Waals surface area (Å²) in [6.07, 6.45) is 0. The third-order valence-electron chi connectivity index (χ3n) is 1.48. The van der Waals surface area contributed by atoms with E-state index >= 15 is 0 Å². The van der Waals surface area contributed by atoms with Gasteiger partial charge >= 0.3 is 0 Å². The van der Waals surface area contributed by atoms with Crippen LogP contribution in [0.4, 0.5) is 5.69 Å². The van der Waals surface area contributed by atoms with Crippen molar-refractivity contribution in [1.82, 2.24) is 5.14 Å². The normalized spacial score (nSPS) is 11.0. The summed E-state index contributed by atoms with van der Waals surface area (Å²) in [5.41, 5.74) is 0.505. The number of hydrogen-bond donors (Lipinski definition) is 1. The fourth-order valence-corrected chi connectivity index (χ4v) is 1.42. The fourth-order valence-electron chi connectivity index (χ4n) is 0.921. The minimum atomic E-state index is -3.91. The number of hydrogen-bond acceptors (Lipinski definition) is 3. The van der Waals surface area contributed by atoms with Gasteiger partial charge in [-0.1, -0.05) is 0 Å². The van der Waals surface area contributed by atoms with E-state index in [-0.39, 0.29) is 10.8 Å². The van der Waals surface area contributed by atoms with Crippen LogP contribution in [0.5, 0.6) is 0 Å². The molecular formula is C8H9N2O3S. The van der Waals surface area contributed by atoms with Crippen LogP contribution in [-0.2, 0) is 14.8 Å². The molecule has 1 radical (unpaired) electrons. The molecule has 14 heavy (non-hydrogen) atoms. The number of sulfonamides is 1. The molecule has 1 aromatic carbocycles. The SMILES string of the molecule is CC(=O)Nc1ccc(S([NH])(=O)=O)cc1. The van der Waals surface area contributed by atoms with E-state index in [2.05, 4.69) is 5.32 Å². The Morgan fingerprint density at radius 1 is 1.29 bits per heavy atom. The highest BCUT2D eigenvalue weighted by molar-refractivity contribution is 7.88. The van der Waals surface area contributed by atoms with E-state index in [4.69, 9.17) is 5.14 Å². The summed E-state index contributed by atoms with van der Waals surface area (Å²) in [7, 11) is -3.91. The minimum Gasteiger partial charge on any atom is -0.326 e. The van der Waals surface area contributed by atoms with E-state index < -0.39 is 10.0 Å². The molecule has 0 saturated heterocycles. The first-order chi connectivity index (χ1) is 6.39. The summed E-state index contributed by atoms with van der Waals surface area (Å²) in [6, 6.07) is 5.41. The lowest BCUT2D eigenvalue weighted by molar-refractivity contribution is -0.114. The van der Waals surface area contributed by atoms with Gasteiger partial charge in [-0.15, -0.1) is 5.14 Å². The summed E-state index contributed by atoms with van der Waals surface area (Å²) in [6.45, 7) is 1.36. The third kappa shape index (κ3) is 2.82. The Hall–Kier alpha value is -1.40. The van der Waals surface area contributed by atoms with Gasteiger partial charge in [-0.25, -0.2) is 8.42 Å². The largest absolute Gasteiger partial charge is 0.326 e. The average Bonchev–Trinajstić information content (AvgIpc) is 2.02. The first-order valence-corrected chi connectivity index (χ1v) is 5.25. The molecule has 1 amide bonds. The lowest BCUT2D eigenvalue weighted by Gasteiger charge is -2.02. The second-order valence-corrected chi connectivity index (χ2v) is 4.19. The molecule has 0 spiro atoms. The van der Waals surface area contributed by atoms with Crippen LogP contribution in [0.25, 0.3) is 0 Å². The second-order valence-electron chi connectivity index (χ2n) is 2.71. The number of carbonyl (C=O) groups is 1. The van der Waals surface area contributed by atoms with Gasteiger partial charge in [-0.3, -0.25) is 4.79 Å². The maximum Gasteiger partial charge on any atom is 0.254 e. The van der Waals surface area contributed by atoms with Crippen molar-refractivity contribution in [1.29, 1.82) is 0 Å². The van der Waals surface area contributed by atoms with Gasteiger partial charge in [0.2, 0.25) is 5.91 Å². The molecule has 0 unspecified atom stereocenters. The highest BCUT2D eigenvalue weighted by atomic mass is 32.2. The zero-order valence-corrected chi connectivity index (χ0v) is 8.26. The smallest absolute Gasteiger partial charge is 0.254 e. The second kappa shape index (κ2) is 3.77. The van der Waals surface area contributed by atoms with E-state index in [1.165, 1.54) is 31.2 Å². The first-order valence-electron chi connectivity index (χ1n) is 3.77. The summed E-state index contributed by atoms with van der Waals surface area (Å²) in [5.74, 6) is -0.230. The standard InChI is InChI=1S/C8H9N2O3S/c1-6(11)10-7-2-4-8(5-3-7)14(9,12)13/h2-5,9H,1H3,(H,10,11). The molecule has 0 aliphatic carbocycles. The van der Waals surface area contributed by atoms with Crippen molar-refractivity contribution in [3.05, 3.63) is 24.3 Å². The Morgan fingerprint density at radius 3 is 2.14 bits per heavy atom. The maximum absolute atomic E-state index is 10.7. The quantitative estimate of drug-likeness (QED) is 0.781. The number of amides is 1. The van der Waals surface area contributed by atoms with Crippen LogP contribution >= 0.6 is 0 Å². The predicted molar refractivity (Wildman–Crippen MR) is 51.0 cm³/mol. The number of nitrogens with one attached hydrogen (secondary N) is 2. The van der Waals surface area contributed by atoms with Gasteiger partial charge < -0.3 is 5.32 Å². The van der Waals surface area contributed by atoms with Crippen LogP contribution in [0.1, 0.15) is 6.92 Å². The topological polar surface area (TPSA) is 87.0 Å². The maximum atomic E-state index is 10.7. The van der Waals surface area contributed by atoms with Gasteiger partial charge in [-0.2, -0.15) is 0 Å². The zero-order chi connectivity index (χ0) is 10.8. The molecule has 0 aromatic heterocycles. The molecular weight excluding hydrogens is 204 g/mol. The van der Waals surface area contributed by atoms with E-state index in [1.807, 2.05) is 0 Å². The molecule has 2 N–H and O–H groups in total. The summed E-state index contributed by atoms with van der Waals surface area (Å²) < 4.78 is 21.5. The van der Waals surface area contributed by atoms with Crippen molar-refractivity contribution in [2.24, 2.45) is 0 Å².